The maximum absolute atomic E-state index is 10.8. The number of carbonyl (C=O) groups is 1. The molecule has 92 valence electrons. The van der Waals surface area contributed by atoms with Crippen LogP contribution < -0.4 is 0 Å². The van der Waals surface area contributed by atoms with Gasteiger partial charge in [0.25, 0.3) is 0 Å². The van der Waals surface area contributed by atoms with Crippen LogP contribution in [0.3, 0.4) is 0 Å². The number of carboxylic acid groups (broad SMARTS) is 1. The second kappa shape index (κ2) is 5.01. The number of aryl methyl sites for hydroxylation is 1. The maximum Gasteiger partial charge on any atom is 0.339 e. The first-order valence-electron chi connectivity index (χ1n) is 5.43. The molecule has 2 heterocycles. The molecule has 1 aliphatic rings. The monoisotopic (exact) mass is 254 g/mol. The fraction of sp³-hybridized carbons (Fsp3) is 0.545. The molecule has 0 aromatic carbocycles. The smallest absolute Gasteiger partial charge is 0.339 e. The molecule has 1 fully saturated rings. The summed E-state index contributed by atoms with van der Waals surface area (Å²) in [6.07, 6.45) is 2.55. The molecular weight excluding hydrogens is 240 g/mol. The number of hydrogen-bond acceptors (Lipinski definition) is 5. The average Bonchev–Trinajstić information content (AvgIpc) is 2.64. The molecule has 0 radical (unpaired) electrons. The molecule has 1 aromatic rings. The van der Waals surface area contributed by atoms with E-state index in [4.69, 9.17) is 9.84 Å². The molecule has 2 atom stereocenters. The van der Waals surface area contributed by atoms with Gasteiger partial charge in [-0.15, -0.1) is 0 Å². The van der Waals surface area contributed by atoms with E-state index in [9.17, 15) is 4.79 Å². The van der Waals surface area contributed by atoms with Crippen LogP contribution in [0.2, 0.25) is 0 Å². The van der Waals surface area contributed by atoms with Gasteiger partial charge in [0.1, 0.15) is 0 Å². The van der Waals surface area contributed by atoms with Crippen molar-refractivity contribution in [3.05, 3.63) is 17.5 Å². The highest BCUT2D eigenvalue weighted by molar-refractivity contribution is 7.99. The van der Waals surface area contributed by atoms with E-state index in [0.717, 1.165) is 13.0 Å². The van der Waals surface area contributed by atoms with Gasteiger partial charge in [0.15, 0.2) is 5.16 Å². The summed E-state index contributed by atoms with van der Waals surface area (Å²) < 4.78 is 5.46. The molecule has 1 aromatic heterocycles. The molecule has 1 saturated heterocycles. The lowest BCUT2D eigenvalue weighted by Crippen LogP contribution is -2.14. The van der Waals surface area contributed by atoms with Crippen molar-refractivity contribution in [2.24, 2.45) is 0 Å². The van der Waals surface area contributed by atoms with Crippen LogP contribution in [0, 0.1) is 6.92 Å². The van der Waals surface area contributed by atoms with Crippen molar-refractivity contribution in [1.29, 1.82) is 0 Å². The Morgan fingerprint density at radius 2 is 2.41 bits per heavy atom. The molecule has 1 aliphatic heterocycles. The zero-order valence-corrected chi connectivity index (χ0v) is 10.5. The van der Waals surface area contributed by atoms with E-state index in [1.54, 1.807) is 18.7 Å². The van der Waals surface area contributed by atoms with Crippen molar-refractivity contribution in [2.45, 2.75) is 36.8 Å². The van der Waals surface area contributed by atoms with Crippen molar-refractivity contribution in [3.8, 4) is 0 Å². The van der Waals surface area contributed by atoms with E-state index in [0.29, 0.717) is 16.1 Å². The number of aromatic carboxylic acids is 1. The number of hydrogen-bond donors (Lipinski definition) is 1. The van der Waals surface area contributed by atoms with Crippen LogP contribution in [0.15, 0.2) is 11.4 Å². The molecule has 0 aliphatic carbocycles. The van der Waals surface area contributed by atoms with Crippen molar-refractivity contribution < 1.29 is 14.6 Å². The summed E-state index contributed by atoms with van der Waals surface area (Å²) in [4.78, 5) is 19.1. The van der Waals surface area contributed by atoms with E-state index in [2.05, 4.69) is 9.97 Å². The van der Waals surface area contributed by atoms with Crippen molar-refractivity contribution in [2.75, 3.05) is 6.61 Å². The van der Waals surface area contributed by atoms with Crippen molar-refractivity contribution in [3.63, 3.8) is 0 Å². The highest BCUT2D eigenvalue weighted by atomic mass is 32.2. The first-order chi connectivity index (χ1) is 8.08. The van der Waals surface area contributed by atoms with Crippen LogP contribution in [0.4, 0.5) is 0 Å². The quantitative estimate of drug-likeness (QED) is 0.828. The van der Waals surface area contributed by atoms with Crippen LogP contribution >= 0.6 is 11.8 Å². The Hall–Kier alpha value is -1.14. The summed E-state index contributed by atoms with van der Waals surface area (Å²) in [5, 5.41) is 9.85. The van der Waals surface area contributed by atoms with E-state index >= 15 is 0 Å². The molecule has 5 nitrogen and oxygen atoms in total. The fourth-order valence-corrected chi connectivity index (χ4v) is 2.77. The Morgan fingerprint density at radius 3 is 2.94 bits per heavy atom. The van der Waals surface area contributed by atoms with Gasteiger partial charge in [-0.1, -0.05) is 11.8 Å². The minimum atomic E-state index is -0.989. The molecule has 2 unspecified atom stereocenters. The molecule has 0 saturated carbocycles. The first-order valence-corrected chi connectivity index (χ1v) is 6.31. The van der Waals surface area contributed by atoms with Gasteiger partial charge in [-0.3, -0.25) is 0 Å². The molecule has 2 rings (SSSR count). The normalized spacial score (nSPS) is 23.9. The molecule has 0 bridgehead atoms. The van der Waals surface area contributed by atoms with Crippen LogP contribution in [0.1, 0.15) is 29.4 Å². The first kappa shape index (κ1) is 12.3. The fourth-order valence-electron chi connectivity index (χ4n) is 1.71. The number of ether oxygens (including phenoxy) is 1. The molecule has 17 heavy (non-hydrogen) atoms. The molecule has 6 heteroatoms. The highest BCUT2D eigenvalue weighted by Crippen LogP contribution is 2.30. The minimum absolute atomic E-state index is 0.157. The van der Waals surface area contributed by atoms with Gasteiger partial charge >= 0.3 is 5.97 Å². The zero-order valence-electron chi connectivity index (χ0n) is 9.71. The van der Waals surface area contributed by atoms with Crippen LogP contribution in [-0.4, -0.2) is 39.0 Å². The van der Waals surface area contributed by atoms with Crippen LogP contribution in [-0.2, 0) is 4.74 Å². The van der Waals surface area contributed by atoms with E-state index in [1.807, 2.05) is 6.92 Å². The predicted molar refractivity (Wildman–Crippen MR) is 63.4 cm³/mol. The van der Waals surface area contributed by atoms with Gasteiger partial charge in [0.2, 0.25) is 0 Å². The van der Waals surface area contributed by atoms with Gasteiger partial charge in [0.05, 0.1) is 17.4 Å². The molecule has 0 spiro atoms. The third-order valence-electron chi connectivity index (χ3n) is 2.75. The van der Waals surface area contributed by atoms with Crippen LogP contribution in [0.5, 0.6) is 0 Å². The highest BCUT2D eigenvalue weighted by Gasteiger charge is 2.26. The Labute approximate surface area is 104 Å². The molecule has 1 N–H and O–H groups in total. The number of thioether (sulfide) groups is 1. The Bertz CT molecular complexity index is 439. The van der Waals surface area contributed by atoms with Crippen molar-refractivity contribution >= 4 is 17.7 Å². The lowest BCUT2D eigenvalue weighted by atomic mass is 10.2. The summed E-state index contributed by atoms with van der Waals surface area (Å²) in [6.45, 7) is 4.48. The number of nitrogens with zero attached hydrogens (tertiary/aromatic N) is 2. The van der Waals surface area contributed by atoms with E-state index < -0.39 is 5.97 Å². The summed E-state index contributed by atoms with van der Waals surface area (Å²) in [5.41, 5.74) is 0.659. The number of carboxylic acids is 1. The molecular formula is C11H14N2O3S. The third kappa shape index (κ3) is 2.76. The second-order valence-corrected chi connectivity index (χ2v) is 5.18. The topological polar surface area (TPSA) is 72.3 Å². The van der Waals surface area contributed by atoms with Gasteiger partial charge in [-0.2, -0.15) is 0 Å². The van der Waals surface area contributed by atoms with Gasteiger partial charge < -0.3 is 9.84 Å². The largest absolute Gasteiger partial charge is 0.478 e. The lowest BCUT2D eigenvalue weighted by Gasteiger charge is -2.12. The summed E-state index contributed by atoms with van der Waals surface area (Å²) in [6, 6.07) is 0. The van der Waals surface area contributed by atoms with E-state index in [-0.39, 0.29) is 11.7 Å². The predicted octanol–water partition coefficient (Wildman–Crippen LogP) is 1.75. The average molecular weight is 254 g/mol. The van der Waals surface area contributed by atoms with Gasteiger partial charge in [-0.25, -0.2) is 14.8 Å². The maximum atomic E-state index is 10.8. The summed E-state index contributed by atoms with van der Waals surface area (Å²) >= 11 is 1.55. The lowest BCUT2D eigenvalue weighted by molar-refractivity contribution is 0.0694. The van der Waals surface area contributed by atoms with Crippen LogP contribution in [0.25, 0.3) is 0 Å². The Kier molecular flexibility index (Phi) is 3.63. The Morgan fingerprint density at radius 1 is 1.65 bits per heavy atom. The third-order valence-corrected chi connectivity index (χ3v) is 4.08. The van der Waals surface area contributed by atoms with Gasteiger partial charge in [0, 0.05) is 18.1 Å². The zero-order chi connectivity index (χ0) is 12.4. The molecule has 0 amide bonds. The summed E-state index contributed by atoms with van der Waals surface area (Å²) in [7, 11) is 0. The second-order valence-electron chi connectivity index (χ2n) is 3.98. The van der Waals surface area contributed by atoms with Crippen molar-refractivity contribution in [1.82, 2.24) is 9.97 Å². The van der Waals surface area contributed by atoms with E-state index in [1.165, 1.54) is 6.20 Å². The number of rotatable bonds is 3. The van der Waals surface area contributed by atoms with Gasteiger partial charge in [-0.05, 0) is 20.3 Å². The Balaban J connectivity index is 2.12. The summed E-state index contributed by atoms with van der Waals surface area (Å²) in [5.74, 6) is -0.989. The number of aromatic nitrogens is 2. The standard InChI is InChI=1S/C11H14N2O3S/c1-6-8(10(14)15)5-12-11(13-6)17-9-3-4-16-7(9)2/h5,7,9H,3-4H2,1-2H3,(H,14,15). The SMILES string of the molecule is Cc1nc(SC2CCOC2C)ncc1C(=O)O. The minimum Gasteiger partial charge on any atom is -0.478 e.